The van der Waals surface area contributed by atoms with Gasteiger partial charge in [0.2, 0.25) is 5.78 Å². The Morgan fingerprint density at radius 1 is 0.397 bits per heavy atom. The second kappa shape index (κ2) is 18.0. The average molecular weight is 936 g/mol. The average Bonchev–Trinajstić information content (AvgIpc) is 3.26. The lowest BCUT2D eigenvalue weighted by molar-refractivity contribution is 0.102. The quantitative estimate of drug-likeness (QED) is 0.0372. The SMILES string of the molecule is Cc1cccc([S+](C)CC(=O)c2ccccc2)c1.Fc1c(F)c(F)c([B-](c2c(F)c(F)c(F)c(F)c2F)(c2c(F)c(F)c(F)c(F)c2F)c2c(F)c(F)c(F)c(F)c2F)c(F)c1F. The molecule has 0 saturated heterocycles. The van der Waals surface area contributed by atoms with Crippen LogP contribution in [0.5, 0.6) is 0 Å². The summed E-state index contributed by atoms with van der Waals surface area (Å²) in [4.78, 5) is 13.4. The first kappa shape index (κ1) is 48.0. The van der Waals surface area contributed by atoms with E-state index in [0.717, 1.165) is 5.56 Å². The predicted octanol–water partition coefficient (Wildman–Crippen LogP) is 9.33. The lowest BCUT2D eigenvalue weighted by Gasteiger charge is -2.44. The molecule has 6 rings (SSSR count). The first-order valence-corrected chi connectivity index (χ1v) is 18.7. The van der Waals surface area contributed by atoms with Gasteiger partial charge >= 0.3 is 0 Å². The molecule has 1 nitrogen and oxygen atoms in total. The number of ketones is 1. The molecule has 0 aromatic heterocycles. The van der Waals surface area contributed by atoms with Gasteiger partial charge in [0.25, 0.3) is 0 Å². The Kier molecular flexibility index (Phi) is 13.7. The van der Waals surface area contributed by atoms with Crippen LogP contribution in [0.3, 0.4) is 0 Å². The third-order valence-electron chi connectivity index (χ3n) is 9.54. The van der Waals surface area contributed by atoms with E-state index in [-0.39, 0.29) is 16.7 Å². The molecule has 0 aliphatic carbocycles. The third-order valence-corrected chi connectivity index (χ3v) is 11.3. The predicted molar refractivity (Wildman–Crippen MR) is 188 cm³/mol. The normalized spacial score (nSPS) is 12.0. The Morgan fingerprint density at radius 2 is 0.667 bits per heavy atom. The van der Waals surface area contributed by atoms with Crippen molar-refractivity contribution in [1.82, 2.24) is 0 Å². The molecule has 6 aromatic rings. The Hall–Kier alpha value is -6.00. The van der Waals surface area contributed by atoms with E-state index in [1.807, 2.05) is 30.3 Å². The monoisotopic (exact) mass is 936 g/mol. The van der Waals surface area contributed by atoms with Crippen molar-refractivity contribution in [1.29, 1.82) is 0 Å². The molecule has 63 heavy (non-hydrogen) atoms. The molecule has 0 radical (unpaired) electrons. The van der Waals surface area contributed by atoms with Gasteiger partial charge in [-0.25, -0.2) is 87.8 Å². The molecule has 0 aliphatic heterocycles. The highest BCUT2D eigenvalue weighted by molar-refractivity contribution is 7.96. The summed E-state index contributed by atoms with van der Waals surface area (Å²) in [5, 5.41) is 0. The van der Waals surface area contributed by atoms with Crippen molar-refractivity contribution < 1.29 is 92.6 Å². The van der Waals surface area contributed by atoms with Crippen LogP contribution in [0, 0.1) is 123 Å². The number of benzene rings is 6. The molecule has 0 saturated carbocycles. The Labute approximate surface area is 342 Å². The summed E-state index contributed by atoms with van der Waals surface area (Å²) < 4.78 is 294. The molecule has 0 heterocycles. The minimum absolute atomic E-state index is 0.0238. The van der Waals surface area contributed by atoms with Crippen molar-refractivity contribution in [3.05, 3.63) is 182 Å². The summed E-state index contributed by atoms with van der Waals surface area (Å²) in [6, 6.07) is 17.9. The van der Waals surface area contributed by atoms with Crippen LogP contribution in [-0.4, -0.2) is 23.9 Å². The van der Waals surface area contributed by atoms with E-state index in [0.29, 0.717) is 5.75 Å². The maximum Gasteiger partial charge on any atom is 0.212 e. The molecule has 23 heteroatoms. The fourth-order valence-electron chi connectivity index (χ4n) is 6.69. The van der Waals surface area contributed by atoms with Crippen molar-refractivity contribution >= 4 is 44.7 Å². The molecule has 0 aliphatic rings. The summed E-state index contributed by atoms with van der Waals surface area (Å²) in [5.74, 6) is -70.6. The van der Waals surface area contributed by atoms with E-state index >= 15 is 35.1 Å². The Bertz CT molecular complexity index is 2440. The van der Waals surface area contributed by atoms with E-state index in [2.05, 4.69) is 37.4 Å². The van der Waals surface area contributed by atoms with Crippen LogP contribution in [0.4, 0.5) is 87.8 Å². The second-order valence-electron chi connectivity index (χ2n) is 13.2. The van der Waals surface area contributed by atoms with Crippen molar-refractivity contribution in [3.63, 3.8) is 0 Å². The zero-order valence-electron chi connectivity index (χ0n) is 30.9. The Balaban J connectivity index is 0.000000345. The highest BCUT2D eigenvalue weighted by Gasteiger charge is 2.52. The van der Waals surface area contributed by atoms with Crippen LogP contribution in [0.1, 0.15) is 15.9 Å². The van der Waals surface area contributed by atoms with E-state index in [9.17, 15) is 57.5 Å². The molecule has 0 amide bonds. The van der Waals surface area contributed by atoms with Crippen molar-refractivity contribution in [3.8, 4) is 0 Å². The summed E-state index contributed by atoms with van der Waals surface area (Å²) in [6.07, 6.45) is -5.08. The van der Waals surface area contributed by atoms with Crippen LogP contribution in [0.2, 0.25) is 0 Å². The zero-order valence-corrected chi connectivity index (χ0v) is 31.7. The van der Waals surface area contributed by atoms with E-state index < -0.39 is 144 Å². The maximum atomic E-state index is 15.4. The number of aryl methyl sites for hydroxylation is 1. The minimum atomic E-state index is -7.22. The number of Topliss-reactive ketones (excluding diaryl/α,β-unsaturated/α-hetero) is 1. The van der Waals surface area contributed by atoms with E-state index in [1.54, 1.807) is 0 Å². The van der Waals surface area contributed by atoms with Crippen LogP contribution < -0.4 is 21.9 Å². The maximum absolute atomic E-state index is 15.4. The first-order chi connectivity index (χ1) is 29.4. The summed E-state index contributed by atoms with van der Waals surface area (Å²) in [5.41, 5.74) is -12.3. The fraction of sp³-hybridized carbons (Fsp3) is 0.0750. The number of hydrogen-bond acceptors (Lipinski definition) is 1. The summed E-state index contributed by atoms with van der Waals surface area (Å²) >= 11 is 0. The van der Waals surface area contributed by atoms with Gasteiger partial charge in [-0.3, -0.25) is 4.79 Å². The molecule has 0 spiro atoms. The van der Waals surface area contributed by atoms with Gasteiger partial charge in [-0.1, -0.05) is 42.5 Å². The third kappa shape index (κ3) is 7.88. The molecule has 332 valence electrons. The number of halogens is 20. The molecular weight excluding hydrogens is 919 g/mol. The number of rotatable bonds is 8. The largest absolute Gasteiger partial charge is 0.289 e. The van der Waals surface area contributed by atoms with Gasteiger partial charge in [-0.05, 0) is 24.6 Å². The molecule has 0 fully saturated rings. The summed E-state index contributed by atoms with van der Waals surface area (Å²) in [6.45, 7) is 2.08. The van der Waals surface area contributed by atoms with Gasteiger partial charge in [-0.2, -0.15) is 0 Å². The smallest absolute Gasteiger partial charge is 0.212 e. The highest BCUT2D eigenvalue weighted by Crippen LogP contribution is 2.31. The van der Waals surface area contributed by atoms with Gasteiger partial charge in [0, 0.05) is 16.5 Å². The number of carbonyl (C=O) groups is 1. The Morgan fingerprint density at radius 3 is 0.937 bits per heavy atom. The molecule has 0 bridgehead atoms. The number of hydrogen-bond donors (Lipinski definition) is 0. The van der Waals surface area contributed by atoms with Crippen LogP contribution in [0.15, 0.2) is 59.5 Å². The van der Waals surface area contributed by atoms with Crippen molar-refractivity contribution in [2.45, 2.75) is 11.8 Å². The van der Waals surface area contributed by atoms with Crippen LogP contribution >= 0.6 is 0 Å². The number of carbonyl (C=O) groups excluding carboxylic acids is 1. The summed E-state index contributed by atoms with van der Waals surface area (Å²) in [7, 11) is -0.0238. The van der Waals surface area contributed by atoms with Gasteiger partial charge in [-0.15, -0.1) is 21.9 Å². The van der Waals surface area contributed by atoms with E-state index in [1.165, 1.54) is 10.5 Å². The second-order valence-corrected chi connectivity index (χ2v) is 15.2. The van der Waals surface area contributed by atoms with Crippen LogP contribution in [0.25, 0.3) is 0 Å². The van der Waals surface area contributed by atoms with Gasteiger partial charge < -0.3 is 0 Å². The molecule has 6 aromatic carbocycles. The first-order valence-electron chi connectivity index (χ1n) is 16.9. The fourth-order valence-corrected chi connectivity index (χ4v) is 8.12. The highest BCUT2D eigenvalue weighted by atomic mass is 32.2. The van der Waals surface area contributed by atoms with Crippen molar-refractivity contribution in [2.24, 2.45) is 0 Å². The van der Waals surface area contributed by atoms with Gasteiger partial charge in [0.15, 0.2) is 80.5 Å². The standard InChI is InChI=1S/C24BF20.C16H17OS/c26-5-1(6(27)14(35)21(42)13(5)34)25(2-7(28)15(36)22(43)16(37)8(2)29,3-9(30)17(38)23(44)18(39)10(3)31)4-11(32)19(40)24(45)20(41)12(4)33;1-13-7-6-10-15(11-13)18(2)12-16(17)14-8-4-3-5-9-14/h;3-11H,12H2,1-2H3/q-1;+1. The molecule has 1 unspecified atom stereocenters. The van der Waals surface area contributed by atoms with E-state index in [4.69, 9.17) is 0 Å². The topological polar surface area (TPSA) is 17.1 Å². The van der Waals surface area contributed by atoms with Crippen LogP contribution in [-0.2, 0) is 10.9 Å². The molecule has 1 atom stereocenters. The van der Waals surface area contributed by atoms with Gasteiger partial charge in [0.1, 0.15) is 58.9 Å². The van der Waals surface area contributed by atoms with Gasteiger partial charge in [0.05, 0.1) is 0 Å². The molecular formula is C40H17BF20OS. The lowest BCUT2D eigenvalue weighted by atomic mass is 9.12. The van der Waals surface area contributed by atoms with Crippen molar-refractivity contribution in [2.75, 3.05) is 12.0 Å². The lowest BCUT2D eigenvalue weighted by Crippen LogP contribution is -2.81. The molecule has 0 N–H and O–H groups in total. The minimum Gasteiger partial charge on any atom is -0.289 e. The zero-order chi connectivity index (χ0) is 47.3.